The zero-order valence-corrected chi connectivity index (χ0v) is 19.7. The number of alkyl carbamates (subject to hydrolysis) is 1. The number of hydrogen-bond donors (Lipinski definition) is 3. The van der Waals surface area contributed by atoms with Crippen LogP contribution in [0.1, 0.15) is 68.9 Å². The fraction of sp³-hybridized carbons (Fsp3) is 0.444. The van der Waals surface area contributed by atoms with Crippen molar-refractivity contribution in [1.29, 1.82) is 0 Å². The van der Waals surface area contributed by atoms with Crippen molar-refractivity contribution in [2.24, 2.45) is 0 Å². The predicted octanol–water partition coefficient (Wildman–Crippen LogP) is 4.85. The quantitative estimate of drug-likeness (QED) is 0.366. The van der Waals surface area contributed by atoms with E-state index in [0.717, 1.165) is 24.0 Å². The Labute approximate surface area is 200 Å². The Balaban J connectivity index is 1.51. The summed E-state index contributed by atoms with van der Waals surface area (Å²) in [5.41, 5.74) is 4.66. The van der Waals surface area contributed by atoms with E-state index in [2.05, 4.69) is 41.8 Å². The van der Waals surface area contributed by atoms with Gasteiger partial charge in [-0.05, 0) is 41.5 Å². The fourth-order valence-electron chi connectivity index (χ4n) is 4.41. The van der Waals surface area contributed by atoms with E-state index < -0.39 is 12.1 Å². The van der Waals surface area contributed by atoms with Crippen LogP contribution in [0, 0.1) is 0 Å². The number of carbonyl (C=O) groups excluding carboxylic acids is 2. The highest BCUT2D eigenvalue weighted by atomic mass is 16.5. The summed E-state index contributed by atoms with van der Waals surface area (Å²) >= 11 is 0. The number of hydrogen-bond acceptors (Lipinski definition) is 4. The second kappa shape index (κ2) is 12.8. The zero-order valence-electron chi connectivity index (χ0n) is 19.7. The van der Waals surface area contributed by atoms with E-state index in [1.165, 1.54) is 11.1 Å². The number of nitrogens with one attached hydrogen (secondary N) is 2. The van der Waals surface area contributed by atoms with Crippen LogP contribution in [0.5, 0.6) is 0 Å². The van der Waals surface area contributed by atoms with Crippen molar-refractivity contribution in [3.63, 3.8) is 0 Å². The second-order valence-electron chi connectivity index (χ2n) is 8.71. The molecule has 7 heteroatoms. The first kappa shape index (κ1) is 25.3. The summed E-state index contributed by atoms with van der Waals surface area (Å²) < 4.78 is 5.63. The largest absolute Gasteiger partial charge is 0.481 e. The third kappa shape index (κ3) is 7.07. The van der Waals surface area contributed by atoms with Crippen molar-refractivity contribution < 1.29 is 24.2 Å². The van der Waals surface area contributed by atoms with Gasteiger partial charge in [-0.2, -0.15) is 0 Å². The first-order valence-corrected chi connectivity index (χ1v) is 12.1. The number of carboxylic acids is 1. The van der Waals surface area contributed by atoms with Crippen LogP contribution in [0.15, 0.2) is 48.5 Å². The summed E-state index contributed by atoms with van der Waals surface area (Å²) in [6.45, 7) is 2.72. The highest BCUT2D eigenvalue weighted by Crippen LogP contribution is 2.44. The van der Waals surface area contributed by atoms with Gasteiger partial charge in [0, 0.05) is 31.3 Å². The molecule has 34 heavy (non-hydrogen) atoms. The van der Waals surface area contributed by atoms with Crippen LogP contribution < -0.4 is 10.6 Å². The normalized spacial score (nSPS) is 13.0. The van der Waals surface area contributed by atoms with Crippen LogP contribution in [0.25, 0.3) is 11.1 Å². The molecule has 1 atom stereocenters. The van der Waals surface area contributed by atoms with Crippen LogP contribution in [-0.4, -0.2) is 42.3 Å². The summed E-state index contributed by atoms with van der Waals surface area (Å²) in [6, 6.07) is 16.1. The van der Waals surface area contributed by atoms with Crippen LogP contribution in [0.4, 0.5) is 4.79 Å². The Morgan fingerprint density at radius 3 is 2.24 bits per heavy atom. The van der Waals surface area contributed by atoms with Gasteiger partial charge in [0.1, 0.15) is 6.61 Å². The lowest BCUT2D eigenvalue weighted by Crippen LogP contribution is -2.40. The van der Waals surface area contributed by atoms with Gasteiger partial charge in [-0.15, -0.1) is 0 Å². The number of aliphatic carboxylic acids is 1. The number of rotatable bonds is 13. The number of amides is 2. The zero-order chi connectivity index (χ0) is 24.3. The first-order chi connectivity index (χ1) is 16.5. The van der Waals surface area contributed by atoms with Crippen molar-refractivity contribution in [2.45, 2.75) is 63.8 Å². The van der Waals surface area contributed by atoms with Gasteiger partial charge in [-0.25, -0.2) is 4.79 Å². The van der Waals surface area contributed by atoms with Gasteiger partial charge in [0.2, 0.25) is 5.91 Å². The summed E-state index contributed by atoms with van der Waals surface area (Å²) in [5, 5.41) is 14.4. The molecule has 0 bridgehead atoms. The van der Waals surface area contributed by atoms with Crippen molar-refractivity contribution in [2.75, 3.05) is 13.2 Å². The van der Waals surface area contributed by atoms with E-state index >= 15 is 0 Å². The number of carbonyl (C=O) groups is 3. The Morgan fingerprint density at radius 2 is 1.62 bits per heavy atom. The molecule has 3 N–H and O–H groups in total. The predicted molar refractivity (Wildman–Crippen MR) is 131 cm³/mol. The van der Waals surface area contributed by atoms with Crippen LogP contribution in [-0.2, 0) is 14.3 Å². The van der Waals surface area contributed by atoms with Crippen LogP contribution in [0.3, 0.4) is 0 Å². The lowest BCUT2D eigenvalue weighted by atomic mass is 9.98. The lowest BCUT2D eigenvalue weighted by molar-refractivity contribution is -0.137. The Kier molecular flexibility index (Phi) is 9.50. The van der Waals surface area contributed by atoms with Gasteiger partial charge >= 0.3 is 12.1 Å². The molecule has 0 aliphatic heterocycles. The lowest BCUT2D eigenvalue weighted by Gasteiger charge is -2.20. The molecule has 0 fully saturated rings. The SMILES string of the molecule is CCCC[C@@H](CC(=O)NCCCCC(=O)O)NC(=O)OCC1c2ccccc2-c2ccccc21. The molecule has 0 aromatic heterocycles. The molecule has 2 aromatic rings. The molecule has 3 rings (SSSR count). The summed E-state index contributed by atoms with van der Waals surface area (Å²) in [6.07, 6.45) is 3.41. The van der Waals surface area contributed by atoms with E-state index in [-0.39, 0.29) is 37.3 Å². The van der Waals surface area contributed by atoms with Crippen LogP contribution in [0.2, 0.25) is 0 Å². The molecule has 0 heterocycles. The van der Waals surface area contributed by atoms with Gasteiger partial charge in [0.05, 0.1) is 0 Å². The van der Waals surface area contributed by atoms with Crippen molar-refractivity contribution >= 4 is 18.0 Å². The molecule has 0 radical (unpaired) electrons. The molecule has 0 saturated heterocycles. The molecule has 2 amide bonds. The topological polar surface area (TPSA) is 105 Å². The van der Waals surface area contributed by atoms with Gasteiger partial charge in [-0.1, -0.05) is 68.3 Å². The monoisotopic (exact) mass is 466 g/mol. The maximum Gasteiger partial charge on any atom is 0.407 e. The smallest absolute Gasteiger partial charge is 0.407 e. The van der Waals surface area contributed by atoms with Crippen molar-refractivity contribution in [3.8, 4) is 11.1 Å². The summed E-state index contributed by atoms with van der Waals surface area (Å²) in [5.74, 6) is -1.00. The number of benzene rings is 2. The van der Waals surface area contributed by atoms with E-state index in [4.69, 9.17) is 9.84 Å². The molecular formula is C27H34N2O5. The Morgan fingerprint density at radius 1 is 0.971 bits per heavy atom. The minimum absolute atomic E-state index is 0.0126. The van der Waals surface area contributed by atoms with E-state index in [1.54, 1.807) is 0 Å². The molecule has 0 unspecified atom stereocenters. The summed E-state index contributed by atoms with van der Waals surface area (Å²) in [7, 11) is 0. The number of carboxylic acid groups (broad SMARTS) is 1. The molecule has 1 aliphatic carbocycles. The minimum atomic E-state index is -0.835. The van der Waals surface area contributed by atoms with Crippen molar-refractivity contribution in [3.05, 3.63) is 59.7 Å². The maximum atomic E-state index is 12.6. The van der Waals surface area contributed by atoms with Crippen LogP contribution >= 0.6 is 0 Å². The molecule has 7 nitrogen and oxygen atoms in total. The molecule has 0 spiro atoms. The van der Waals surface area contributed by atoms with Gasteiger partial charge < -0.3 is 20.5 Å². The van der Waals surface area contributed by atoms with Crippen molar-refractivity contribution in [1.82, 2.24) is 10.6 Å². The highest BCUT2D eigenvalue weighted by molar-refractivity contribution is 5.79. The van der Waals surface area contributed by atoms with Gasteiger partial charge in [-0.3, -0.25) is 9.59 Å². The first-order valence-electron chi connectivity index (χ1n) is 12.1. The minimum Gasteiger partial charge on any atom is -0.481 e. The second-order valence-corrected chi connectivity index (χ2v) is 8.71. The average Bonchev–Trinajstić information content (AvgIpc) is 3.14. The van der Waals surface area contributed by atoms with E-state index in [0.29, 0.717) is 25.8 Å². The highest BCUT2D eigenvalue weighted by Gasteiger charge is 2.29. The number of unbranched alkanes of at least 4 members (excludes halogenated alkanes) is 2. The van der Waals surface area contributed by atoms with Gasteiger partial charge in [0.15, 0.2) is 0 Å². The Hall–Kier alpha value is -3.35. The van der Waals surface area contributed by atoms with E-state index in [9.17, 15) is 14.4 Å². The molecule has 0 saturated carbocycles. The average molecular weight is 467 g/mol. The fourth-order valence-corrected chi connectivity index (χ4v) is 4.41. The van der Waals surface area contributed by atoms with Gasteiger partial charge in [0.25, 0.3) is 0 Å². The number of ether oxygens (including phenoxy) is 1. The maximum absolute atomic E-state index is 12.6. The number of fused-ring (bicyclic) bond motifs is 3. The third-order valence-corrected chi connectivity index (χ3v) is 6.14. The Bertz CT molecular complexity index is 945. The molecule has 182 valence electrons. The van der Waals surface area contributed by atoms with E-state index in [1.807, 2.05) is 24.3 Å². The molecule has 1 aliphatic rings. The summed E-state index contributed by atoms with van der Waals surface area (Å²) in [4.78, 5) is 35.5. The third-order valence-electron chi connectivity index (χ3n) is 6.14. The molecule has 2 aromatic carbocycles. The molecular weight excluding hydrogens is 432 g/mol. The standard InChI is InChI=1S/C27H34N2O5/c1-2-3-10-19(17-25(30)28-16-9-8-15-26(31)32)29-27(33)34-18-24-22-13-6-4-11-20(22)21-12-5-7-14-23(21)24/h4-7,11-14,19,24H,2-3,8-10,15-18H2,1H3,(H,28,30)(H,29,33)(H,31,32)/t19-/m0/s1.